The van der Waals surface area contributed by atoms with Crippen molar-refractivity contribution in [3.63, 3.8) is 0 Å². The van der Waals surface area contributed by atoms with Crippen LogP contribution in [0.5, 0.6) is 5.75 Å². The molecule has 2 heterocycles. The number of hydrogen-bond donors (Lipinski definition) is 1. The number of thiophene rings is 1. The Morgan fingerprint density at radius 2 is 1.97 bits per heavy atom. The van der Waals surface area contributed by atoms with E-state index in [1.807, 2.05) is 39.0 Å². The van der Waals surface area contributed by atoms with Gasteiger partial charge in [0.25, 0.3) is 0 Å². The van der Waals surface area contributed by atoms with Gasteiger partial charge in [0.05, 0.1) is 29.2 Å². The molecule has 1 N–H and O–H groups in total. The number of Topliss-reactive ketones (excluding diaryl/α,β-unsaturated/α-hetero) is 1. The van der Waals surface area contributed by atoms with Gasteiger partial charge in [0.15, 0.2) is 5.78 Å². The summed E-state index contributed by atoms with van der Waals surface area (Å²) in [6, 6.07) is 7.44. The molecule has 6 nitrogen and oxygen atoms in total. The average Bonchev–Trinajstić information content (AvgIpc) is 3.21. The normalized spacial score (nSPS) is 12.0. The summed E-state index contributed by atoms with van der Waals surface area (Å²) in [5, 5.41) is 4.32. The second kappa shape index (κ2) is 8.92. The lowest BCUT2D eigenvalue weighted by Crippen LogP contribution is -2.23. The Morgan fingerprint density at radius 1 is 1.21 bits per heavy atom. The van der Waals surface area contributed by atoms with Crippen molar-refractivity contribution in [1.29, 1.82) is 0 Å². The highest BCUT2D eigenvalue weighted by Crippen LogP contribution is 2.34. The number of aromatic nitrogens is 2. The zero-order chi connectivity index (χ0) is 21.1. The van der Waals surface area contributed by atoms with E-state index in [2.05, 4.69) is 15.3 Å². The van der Waals surface area contributed by atoms with E-state index in [1.165, 1.54) is 23.1 Å². The molecule has 152 valence electrons. The first kappa shape index (κ1) is 21.3. The van der Waals surface area contributed by atoms with E-state index in [1.54, 1.807) is 20.2 Å². The van der Waals surface area contributed by atoms with Gasteiger partial charge < -0.3 is 10.1 Å². The number of ketones is 1. The number of nitrogens with one attached hydrogen (secondary N) is 1. The highest BCUT2D eigenvalue weighted by Gasteiger charge is 2.19. The maximum Gasteiger partial charge on any atom is 0.227 e. The van der Waals surface area contributed by atoms with Crippen molar-refractivity contribution in [2.75, 3.05) is 19.9 Å². The van der Waals surface area contributed by atoms with Crippen LogP contribution in [0.1, 0.15) is 38.8 Å². The van der Waals surface area contributed by atoms with Crippen LogP contribution in [-0.4, -0.2) is 41.6 Å². The number of rotatable bonds is 7. The first-order valence-electron chi connectivity index (χ1n) is 9.15. The SMILES string of the molecule is CNC(=O)C(C)c1ccc(C(=O)CSc2nc(C)nc3ccc(OC)c(C)c23)s1. The second-order valence-electron chi connectivity index (χ2n) is 6.61. The molecule has 29 heavy (non-hydrogen) atoms. The number of fused-ring (bicyclic) bond motifs is 1. The largest absolute Gasteiger partial charge is 0.496 e. The maximum atomic E-state index is 12.7. The van der Waals surface area contributed by atoms with Crippen LogP contribution >= 0.6 is 23.1 Å². The summed E-state index contributed by atoms with van der Waals surface area (Å²) in [6.07, 6.45) is 0. The molecule has 0 saturated heterocycles. The molecule has 2 aromatic heterocycles. The first-order valence-corrected chi connectivity index (χ1v) is 10.9. The van der Waals surface area contributed by atoms with Gasteiger partial charge >= 0.3 is 0 Å². The Balaban J connectivity index is 1.83. The summed E-state index contributed by atoms with van der Waals surface area (Å²) in [4.78, 5) is 35.2. The number of carbonyl (C=O) groups is 2. The number of carbonyl (C=O) groups excluding carboxylic acids is 2. The summed E-state index contributed by atoms with van der Waals surface area (Å²) in [6.45, 7) is 5.65. The summed E-state index contributed by atoms with van der Waals surface area (Å²) >= 11 is 2.77. The standard InChI is InChI=1S/C21H23N3O3S2/c1-11-16(27-5)7-6-14-19(11)21(24-13(3)23-14)28-10-15(25)18-9-8-17(29-18)12(2)20(26)22-4/h6-9,12H,10H2,1-5H3,(H,22,26). The first-order chi connectivity index (χ1) is 13.8. The predicted molar refractivity (Wildman–Crippen MR) is 117 cm³/mol. The Hall–Kier alpha value is -2.45. The number of thioether (sulfide) groups is 1. The van der Waals surface area contributed by atoms with Gasteiger partial charge in [-0.3, -0.25) is 9.59 Å². The molecule has 0 bridgehead atoms. The fraction of sp³-hybridized carbons (Fsp3) is 0.333. The molecule has 1 unspecified atom stereocenters. The maximum absolute atomic E-state index is 12.7. The summed E-state index contributed by atoms with van der Waals surface area (Å²) in [7, 11) is 3.24. The second-order valence-corrected chi connectivity index (χ2v) is 8.69. The van der Waals surface area contributed by atoms with Gasteiger partial charge in [0, 0.05) is 22.9 Å². The Kier molecular flexibility index (Phi) is 6.54. The number of likely N-dealkylation sites (N-methyl/N-ethyl adjacent to an activating group) is 1. The van der Waals surface area contributed by atoms with Crippen LogP contribution in [0, 0.1) is 13.8 Å². The molecule has 1 amide bonds. The highest BCUT2D eigenvalue weighted by atomic mass is 32.2. The van der Waals surface area contributed by atoms with Gasteiger partial charge in [-0.25, -0.2) is 9.97 Å². The van der Waals surface area contributed by atoms with Gasteiger partial charge in [0.1, 0.15) is 16.6 Å². The van der Waals surface area contributed by atoms with E-state index in [0.717, 1.165) is 32.1 Å². The fourth-order valence-electron chi connectivity index (χ4n) is 3.06. The predicted octanol–water partition coefficient (Wildman–Crippen LogP) is 4.14. The number of ether oxygens (including phenoxy) is 1. The van der Waals surface area contributed by atoms with Crippen LogP contribution in [0.4, 0.5) is 0 Å². The molecule has 0 aliphatic rings. The van der Waals surface area contributed by atoms with E-state index in [4.69, 9.17) is 4.74 Å². The molecule has 8 heteroatoms. The van der Waals surface area contributed by atoms with Gasteiger partial charge in [-0.05, 0) is 45.0 Å². The van der Waals surface area contributed by atoms with E-state index >= 15 is 0 Å². The molecule has 0 saturated carbocycles. The lowest BCUT2D eigenvalue weighted by atomic mass is 10.1. The molecular formula is C21H23N3O3S2. The average molecular weight is 430 g/mol. The molecule has 3 aromatic rings. The number of amides is 1. The van der Waals surface area contributed by atoms with Gasteiger partial charge in [-0.2, -0.15) is 0 Å². The minimum atomic E-state index is -0.275. The third-order valence-electron chi connectivity index (χ3n) is 4.68. The molecule has 0 spiro atoms. The van der Waals surface area contributed by atoms with Crippen molar-refractivity contribution in [3.8, 4) is 5.75 Å². The minimum absolute atomic E-state index is 0.0142. The van der Waals surface area contributed by atoms with Crippen molar-refractivity contribution in [1.82, 2.24) is 15.3 Å². The summed E-state index contributed by atoms with van der Waals surface area (Å²) < 4.78 is 5.42. The number of aryl methyl sites for hydroxylation is 2. The molecule has 0 aliphatic heterocycles. The fourth-order valence-corrected chi connectivity index (χ4v) is 5.16. The van der Waals surface area contributed by atoms with E-state index in [-0.39, 0.29) is 23.4 Å². The zero-order valence-corrected chi connectivity index (χ0v) is 18.7. The van der Waals surface area contributed by atoms with Crippen molar-refractivity contribution in [2.45, 2.75) is 31.7 Å². The van der Waals surface area contributed by atoms with Gasteiger partial charge in [-0.15, -0.1) is 11.3 Å². The van der Waals surface area contributed by atoms with E-state index in [0.29, 0.717) is 10.7 Å². The van der Waals surface area contributed by atoms with Crippen molar-refractivity contribution < 1.29 is 14.3 Å². The van der Waals surface area contributed by atoms with E-state index in [9.17, 15) is 9.59 Å². The van der Waals surface area contributed by atoms with Crippen LogP contribution in [0.2, 0.25) is 0 Å². The number of methoxy groups -OCH3 is 1. The Bertz CT molecular complexity index is 1080. The smallest absolute Gasteiger partial charge is 0.227 e. The number of benzene rings is 1. The Labute approximate surface area is 178 Å². The van der Waals surface area contributed by atoms with Gasteiger partial charge in [0.2, 0.25) is 5.91 Å². The number of hydrogen-bond acceptors (Lipinski definition) is 7. The lowest BCUT2D eigenvalue weighted by molar-refractivity contribution is -0.121. The third-order valence-corrected chi connectivity index (χ3v) is 6.97. The molecule has 1 aromatic carbocycles. The van der Waals surface area contributed by atoms with Crippen LogP contribution in [0.25, 0.3) is 10.9 Å². The Morgan fingerprint density at radius 3 is 2.66 bits per heavy atom. The number of nitrogens with zero attached hydrogens (tertiary/aromatic N) is 2. The van der Waals surface area contributed by atoms with Crippen LogP contribution in [-0.2, 0) is 4.79 Å². The van der Waals surface area contributed by atoms with Crippen LogP contribution in [0.15, 0.2) is 29.3 Å². The molecule has 0 aliphatic carbocycles. The van der Waals surface area contributed by atoms with Crippen molar-refractivity contribution in [2.24, 2.45) is 0 Å². The zero-order valence-electron chi connectivity index (χ0n) is 17.0. The summed E-state index contributed by atoms with van der Waals surface area (Å²) in [5.74, 6) is 1.37. The minimum Gasteiger partial charge on any atom is -0.496 e. The van der Waals surface area contributed by atoms with Crippen LogP contribution in [0.3, 0.4) is 0 Å². The third kappa shape index (κ3) is 4.43. The quantitative estimate of drug-likeness (QED) is 0.345. The molecule has 1 atom stereocenters. The van der Waals surface area contributed by atoms with Gasteiger partial charge in [-0.1, -0.05) is 11.8 Å². The summed E-state index contributed by atoms with van der Waals surface area (Å²) in [5.41, 5.74) is 1.79. The molecular weight excluding hydrogens is 406 g/mol. The van der Waals surface area contributed by atoms with Crippen LogP contribution < -0.4 is 10.1 Å². The van der Waals surface area contributed by atoms with Crippen molar-refractivity contribution >= 4 is 45.7 Å². The topological polar surface area (TPSA) is 81.2 Å². The monoisotopic (exact) mass is 429 g/mol. The highest BCUT2D eigenvalue weighted by molar-refractivity contribution is 8.00. The molecule has 0 fully saturated rings. The van der Waals surface area contributed by atoms with Crippen molar-refractivity contribution in [3.05, 3.63) is 45.4 Å². The lowest BCUT2D eigenvalue weighted by Gasteiger charge is -2.11. The molecule has 3 rings (SSSR count). The molecule has 0 radical (unpaired) electrons. The van der Waals surface area contributed by atoms with E-state index < -0.39 is 0 Å².